The molecule has 0 spiro atoms. The zero-order chi connectivity index (χ0) is 16.2. The van der Waals surface area contributed by atoms with Gasteiger partial charge in [0.1, 0.15) is 5.37 Å². The van der Waals surface area contributed by atoms with Crippen molar-refractivity contribution in [2.45, 2.75) is 11.9 Å². The maximum atomic E-state index is 12.7. The lowest BCUT2D eigenvalue weighted by atomic mass is 10.1. The van der Waals surface area contributed by atoms with Gasteiger partial charge in [-0.25, -0.2) is 0 Å². The van der Waals surface area contributed by atoms with Crippen molar-refractivity contribution in [3.8, 4) is 0 Å². The van der Waals surface area contributed by atoms with Gasteiger partial charge >= 0.3 is 5.97 Å². The topological polar surface area (TPSA) is 46.6 Å². The minimum absolute atomic E-state index is 0.00631. The van der Waals surface area contributed by atoms with Gasteiger partial charge in [-0.2, -0.15) is 0 Å². The Bertz CT molecular complexity index is 717. The molecule has 0 aliphatic carbocycles. The number of esters is 1. The molecule has 1 heterocycles. The van der Waals surface area contributed by atoms with Gasteiger partial charge in [0.25, 0.3) is 5.91 Å². The molecule has 118 valence electrons. The lowest BCUT2D eigenvalue weighted by Crippen LogP contribution is -2.26. The molecule has 1 unspecified atom stereocenters. The second kappa shape index (κ2) is 6.87. The van der Waals surface area contributed by atoms with Crippen LogP contribution in [0.5, 0.6) is 0 Å². The van der Waals surface area contributed by atoms with E-state index in [4.69, 9.17) is 4.74 Å². The Kier molecular flexibility index (Phi) is 4.67. The van der Waals surface area contributed by atoms with E-state index in [1.165, 1.54) is 18.9 Å². The van der Waals surface area contributed by atoms with E-state index >= 15 is 0 Å². The highest BCUT2D eigenvalue weighted by molar-refractivity contribution is 8.00. The minimum Gasteiger partial charge on any atom is -0.468 e. The van der Waals surface area contributed by atoms with E-state index < -0.39 is 0 Å². The van der Waals surface area contributed by atoms with Gasteiger partial charge in [0, 0.05) is 12.1 Å². The first-order valence-electron chi connectivity index (χ1n) is 7.33. The summed E-state index contributed by atoms with van der Waals surface area (Å²) in [5.74, 6) is -0.0630. The van der Waals surface area contributed by atoms with E-state index in [-0.39, 0.29) is 23.0 Å². The van der Waals surface area contributed by atoms with Crippen LogP contribution < -0.4 is 0 Å². The van der Waals surface area contributed by atoms with Crippen molar-refractivity contribution < 1.29 is 14.3 Å². The van der Waals surface area contributed by atoms with E-state index in [9.17, 15) is 9.59 Å². The van der Waals surface area contributed by atoms with Crippen molar-refractivity contribution in [3.05, 3.63) is 71.3 Å². The van der Waals surface area contributed by atoms with Crippen LogP contribution in [0.25, 0.3) is 0 Å². The zero-order valence-electron chi connectivity index (χ0n) is 12.8. The number of carbonyl (C=O) groups excluding carboxylic acids is 2. The van der Waals surface area contributed by atoms with Crippen molar-refractivity contribution in [2.75, 3.05) is 12.9 Å². The van der Waals surface area contributed by atoms with Crippen LogP contribution in [0.1, 0.15) is 26.9 Å². The molecule has 23 heavy (non-hydrogen) atoms. The molecule has 5 heteroatoms. The predicted molar refractivity (Wildman–Crippen MR) is 90.0 cm³/mol. The molecule has 2 aromatic rings. The fourth-order valence-electron chi connectivity index (χ4n) is 2.66. The summed E-state index contributed by atoms with van der Waals surface area (Å²) in [6.07, 6.45) is 0. The van der Waals surface area contributed by atoms with Crippen molar-refractivity contribution in [3.63, 3.8) is 0 Å². The number of benzene rings is 2. The molecule has 0 bridgehead atoms. The van der Waals surface area contributed by atoms with Crippen LogP contribution in [-0.4, -0.2) is 29.6 Å². The minimum atomic E-state index is -0.286. The van der Waals surface area contributed by atoms with Gasteiger partial charge in [0.15, 0.2) is 0 Å². The number of hydrogen-bond donors (Lipinski definition) is 0. The van der Waals surface area contributed by atoms with Crippen LogP contribution in [0.15, 0.2) is 54.6 Å². The zero-order valence-corrected chi connectivity index (χ0v) is 13.6. The van der Waals surface area contributed by atoms with Crippen molar-refractivity contribution >= 4 is 23.6 Å². The summed E-state index contributed by atoms with van der Waals surface area (Å²) in [5.41, 5.74) is 2.74. The Morgan fingerprint density at radius 1 is 1.13 bits per heavy atom. The average Bonchev–Trinajstić information content (AvgIpc) is 2.86. The molecule has 0 radical (unpaired) electrons. The Labute approximate surface area is 139 Å². The normalized spacial score (nSPS) is 16.3. The maximum absolute atomic E-state index is 12.7. The molecule has 1 amide bonds. The lowest BCUT2D eigenvalue weighted by Gasteiger charge is -2.24. The van der Waals surface area contributed by atoms with Crippen molar-refractivity contribution in [1.82, 2.24) is 4.90 Å². The number of rotatable bonds is 5. The number of thioether (sulfide) groups is 1. The molecule has 1 aliphatic heterocycles. The molecule has 2 aromatic carbocycles. The largest absolute Gasteiger partial charge is 0.468 e. The van der Waals surface area contributed by atoms with Crippen LogP contribution in [0.4, 0.5) is 0 Å². The molecule has 0 fully saturated rings. The lowest BCUT2D eigenvalue weighted by molar-refractivity contribution is -0.137. The molecule has 1 atom stereocenters. The number of nitrogens with zero attached hydrogens (tertiary/aromatic N) is 1. The summed E-state index contributed by atoms with van der Waals surface area (Å²) >= 11 is 1.42. The first kappa shape index (κ1) is 15.6. The van der Waals surface area contributed by atoms with Gasteiger partial charge in [-0.3, -0.25) is 9.59 Å². The van der Waals surface area contributed by atoms with Crippen LogP contribution in [-0.2, 0) is 16.1 Å². The highest BCUT2D eigenvalue weighted by Crippen LogP contribution is 2.42. The summed E-state index contributed by atoms with van der Waals surface area (Å²) in [5, 5.41) is -0.169. The number of hydrogen-bond acceptors (Lipinski definition) is 4. The van der Waals surface area contributed by atoms with E-state index in [0.717, 1.165) is 11.1 Å². The third-order valence-electron chi connectivity index (χ3n) is 3.78. The number of ether oxygens (including phenoxy) is 1. The summed E-state index contributed by atoms with van der Waals surface area (Å²) in [4.78, 5) is 26.0. The molecule has 4 nitrogen and oxygen atoms in total. The van der Waals surface area contributed by atoms with E-state index in [2.05, 4.69) is 0 Å². The number of methoxy groups -OCH3 is 1. The third kappa shape index (κ3) is 3.24. The molecule has 0 aromatic heterocycles. The van der Waals surface area contributed by atoms with Gasteiger partial charge in [0.2, 0.25) is 0 Å². The second-order valence-electron chi connectivity index (χ2n) is 5.25. The van der Waals surface area contributed by atoms with Gasteiger partial charge in [0.05, 0.1) is 12.9 Å². The molecule has 0 N–H and O–H groups in total. The molecular formula is C18H17NO3S. The molecule has 0 saturated carbocycles. The van der Waals surface area contributed by atoms with E-state index in [1.54, 1.807) is 0 Å². The summed E-state index contributed by atoms with van der Waals surface area (Å²) in [6, 6.07) is 17.4. The quantitative estimate of drug-likeness (QED) is 0.791. The highest BCUT2D eigenvalue weighted by atomic mass is 32.2. The Morgan fingerprint density at radius 2 is 1.83 bits per heavy atom. The van der Waals surface area contributed by atoms with Crippen LogP contribution in [0.2, 0.25) is 0 Å². The van der Waals surface area contributed by atoms with Crippen LogP contribution in [0.3, 0.4) is 0 Å². The molecule has 0 saturated heterocycles. The Hall–Kier alpha value is -2.27. The van der Waals surface area contributed by atoms with E-state index in [0.29, 0.717) is 12.1 Å². The van der Waals surface area contributed by atoms with Gasteiger partial charge in [-0.05, 0) is 17.2 Å². The third-order valence-corrected chi connectivity index (χ3v) is 5.01. The van der Waals surface area contributed by atoms with Crippen LogP contribution >= 0.6 is 11.8 Å². The van der Waals surface area contributed by atoms with Crippen LogP contribution in [0, 0.1) is 0 Å². The number of carbonyl (C=O) groups is 2. The fraction of sp³-hybridized carbons (Fsp3) is 0.222. The average molecular weight is 327 g/mol. The van der Waals surface area contributed by atoms with Gasteiger partial charge in [-0.15, -0.1) is 11.8 Å². The smallest absolute Gasteiger partial charge is 0.315 e. The van der Waals surface area contributed by atoms with Crippen molar-refractivity contribution in [2.24, 2.45) is 0 Å². The Balaban J connectivity index is 1.86. The Morgan fingerprint density at radius 3 is 2.57 bits per heavy atom. The second-order valence-corrected chi connectivity index (χ2v) is 6.31. The van der Waals surface area contributed by atoms with E-state index in [1.807, 2.05) is 59.5 Å². The summed E-state index contributed by atoms with van der Waals surface area (Å²) in [6.45, 7) is 0.521. The number of fused-ring (bicyclic) bond motifs is 1. The SMILES string of the molecule is COC(=O)CSC1c2ccccc2C(=O)N1Cc1ccccc1. The fourth-order valence-corrected chi connectivity index (χ4v) is 3.80. The predicted octanol–water partition coefficient (Wildman–Crippen LogP) is 3.25. The highest BCUT2D eigenvalue weighted by Gasteiger charge is 2.36. The number of amides is 1. The first-order chi connectivity index (χ1) is 11.2. The monoisotopic (exact) mass is 327 g/mol. The molecule has 3 rings (SSSR count). The molecular weight excluding hydrogens is 310 g/mol. The molecule has 1 aliphatic rings. The van der Waals surface area contributed by atoms with Gasteiger partial charge in [-0.1, -0.05) is 48.5 Å². The summed E-state index contributed by atoms with van der Waals surface area (Å²) < 4.78 is 4.72. The standard InChI is InChI=1S/C18H17NO3S/c1-22-16(20)12-23-18-15-10-6-5-9-14(15)17(21)19(18)11-13-7-3-2-4-8-13/h2-10,18H,11-12H2,1H3. The first-order valence-corrected chi connectivity index (χ1v) is 8.38. The van der Waals surface area contributed by atoms with Crippen molar-refractivity contribution in [1.29, 1.82) is 0 Å². The summed E-state index contributed by atoms with van der Waals surface area (Å²) in [7, 11) is 1.37. The maximum Gasteiger partial charge on any atom is 0.315 e. The van der Waals surface area contributed by atoms with Gasteiger partial charge < -0.3 is 9.64 Å².